The minimum absolute atomic E-state index is 0.0439. The van der Waals surface area contributed by atoms with Crippen LogP contribution in [0.5, 0.6) is 0 Å². The van der Waals surface area contributed by atoms with E-state index in [1.165, 1.54) is 11.1 Å². The Hall–Kier alpha value is -3.48. The number of para-hydroxylation sites is 1. The molecule has 3 aromatic rings. The Balaban J connectivity index is 1.62. The van der Waals surface area contributed by atoms with Crippen molar-refractivity contribution in [2.24, 2.45) is 0 Å². The maximum atomic E-state index is 12.5. The molecule has 0 saturated heterocycles. The first-order valence-corrected chi connectivity index (χ1v) is 8.67. The Morgan fingerprint density at radius 3 is 2.63 bits per heavy atom. The second-order valence-corrected chi connectivity index (χ2v) is 6.08. The molecule has 0 radical (unpaired) electrons. The summed E-state index contributed by atoms with van der Waals surface area (Å²) in [6.45, 7) is 1.98. The third-order valence-electron chi connectivity index (χ3n) is 4.13. The fourth-order valence-corrected chi connectivity index (χ4v) is 2.70. The first-order chi connectivity index (χ1) is 13.1. The van der Waals surface area contributed by atoms with Crippen molar-refractivity contribution in [2.75, 3.05) is 18.9 Å². The predicted octanol–water partition coefficient (Wildman–Crippen LogP) is 2.54. The molecule has 0 saturated carbocycles. The number of rotatable bonds is 6. The molecule has 2 amide bonds. The van der Waals surface area contributed by atoms with Crippen LogP contribution in [0.15, 0.2) is 61.1 Å². The number of aromatic nitrogens is 3. The van der Waals surface area contributed by atoms with Gasteiger partial charge in [-0.3, -0.25) is 9.59 Å². The zero-order chi connectivity index (χ0) is 19.2. The first kappa shape index (κ1) is 18.3. The third-order valence-corrected chi connectivity index (χ3v) is 4.13. The number of hydrogen-bond acceptors (Lipinski definition) is 4. The number of pyridine rings is 1. The van der Waals surface area contributed by atoms with E-state index in [2.05, 4.69) is 15.4 Å². The molecule has 0 fully saturated rings. The summed E-state index contributed by atoms with van der Waals surface area (Å²) in [5, 5.41) is 6.96. The lowest BCUT2D eigenvalue weighted by Crippen LogP contribution is -2.35. The molecule has 138 valence electrons. The third kappa shape index (κ3) is 4.38. The summed E-state index contributed by atoms with van der Waals surface area (Å²) >= 11 is 0. The Morgan fingerprint density at radius 2 is 1.96 bits per heavy atom. The van der Waals surface area contributed by atoms with Gasteiger partial charge in [-0.2, -0.15) is 5.10 Å². The van der Waals surface area contributed by atoms with Crippen LogP contribution < -0.4 is 5.32 Å². The summed E-state index contributed by atoms with van der Waals surface area (Å²) in [5.41, 5.74) is 2.24. The molecule has 0 aliphatic heterocycles. The van der Waals surface area contributed by atoms with Crippen LogP contribution in [0.25, 0.3) is 5.82 Å². The van der Waals surface area contributed by atoms with Crippen LogP contribution in [-0.2, 0) is 11.2 Å². The van der Waals surface area contributed by atoms with Gasteiger partial charge < -0.3 is 10.2 Å². The van der Waals surface area contributed by atoms with E-state index >= 15 is 0 Å². The number of likely N-dealkylation sites (N-methyl/N-ethyl adjacent to an activating group) is 1. The molecule has 0 spiro atoms. The summed E-state index contributed by atoms with van der Waals surface area (Å²) in [5.74, 6) is 0.106. The van der Waals surface area contributed by atoms with Crippen molar-refractivity contribution in [2.45, 2.75) is 13.3 Å². The molecule has 7 heteroatoms. The van der Waals surface area contributed by atoms with Crippen molar-refractivity contribution >= 4 is 17.5 Å². The predicted molar refractivity (Wildman–Crippen MR) is 103 cm³/mol. The lowest BCUT2D eigenvalue weighted by molar-refractivity contribution is -0.116. The summed E-state index contributed by atoms with van der Waals surface area (Å²) in [4.78, 5) is 30.5. The second kappa shape index (κ2) is 8.27. The van der Waals surface area contributed by atoms with E-state index in [0.29, 0.717) is 11.4 Å². The van der Waals surface area contributed by atoms with Crippen molar-refractivity contribution in [1.82, 2.24) is 19.7 Å². The van der Waals surface area contributed by atoms with E-state index in [1.54, 1.807) is 42.3 Å². The smallest absolute Gasteiger partial charge is 0.255 e. The van der Waals surface area contributed by atoms with Gasteiger partial charge in [-0.25, -0.2) is 9.67 Å². The quantitative estimate of drug-likeness (QED) is 0.730. The normalized spacial score (nSPS) is 10.4. The van der Waals surface area contributed by atoms with Gasteiger partial charge in [0.25, 0.3) is 5.91 Å². The molecule has 3 rings (SSSR count). The van der Waals surface area contributed by atoms with Crippen LogP contribution in [-0.4, -0.2) is 45.1 Å². The van der Waals surface area contributed by atoms with Crippen LogP contribution in [0.1, 0.15) is 22.8 Å². The summed E-state index contributed by atoms with van der Waals surface area (Å²) in [6, 6.07) is 12.8. The van der Waals surface area contributed by atoms with Gasteiger partial charge in [0.2, 0.25) is 5.91 Å². The average Bonchev–Trinajstić information content (AvgIpc) is 3.22. The Morgan fingerprint density at radius 1 is 1.15 bits per heavy atom. The first-order valence-electron chi connectivity index (χ1n) is 8.67. The molecule has 0 atom stereocenters. The molecule has 0 aliphatic rings. The summed E-state index contributed by atoms with van der Waals surface area (Å²) in [6.07, 6.45) is 5.73. The highest BCUT2D eigenvalue weighted by Gasteiger charge is 2.16. The van der Waals surface area contributed by atoms with Gasteiger partial charge in [0.1, 0.15) is 0 Å². The number of nitrogens with zero attached hydrogens (tertiary/aromatic N) is 4. The largest absolute Gasteiger partial charge is 0.332 e. The van der Waals surface area contributed by atoms with Crippen LogP contribution in [0.3, 0.4) is 0 Å². The number of benzene rings is 1. The Kier molecular flexibility index (Phi) is 5.61. The number of anilines is 1. The number of carbonyl (C=O) groups excluding carboxylic acids is 2. The molecule has 7 nitrogen and oxygen atoms in total. The van der Waals surface area contributed by atoms with Crippen LogP contribution in [0.2, 0.25) is 0 Å². The van der Waals surface area contributed by atoms with E-state index in [0.717, 1.165) is 17.7 Å². The van der Waals surface area contributed by atoms with E-state index < -0.39 is 0 Å². The van der Waals surface area contributed by atoms with Gasteiger partial charge in [-0.15, -0.1) is 0 Å². The maximum absolute atomic E-state index is 12.5. The van der Waals surface area contributed by atoms with E-state index in [9.17, 15) is 9.59 Å². The molecule has 0 aliphatic carbocycles. The molecule has 0 bridgehead atoms. The summed E-state index contributed by atoms with van der Waals surface area (Å²) in [7, 11) is 1.59. The minimum Gasteiger partial charge on any atom is -0.332 e. The molecule has 1 aromatic carbocycles. The van der Waals surface area contributed by atoms with E-state index in [4.69, 9.17) is 0 Å². The van der Waals surface area contributed by atoms with Crippen LogP contribution in [0, 0.1) is 0 Å². The highest BCUT2D eigenvalue weighted by atomic mass is 16.2. The lowest BCUT2D eigenvalue weighted by atomic mass is 10.1. The van der Waals surface area contributed by atoms with Crippen LogP contribution >= 0.6 is 0 Å². The molecule has 27 heavy (non-hydrogen) atoms. The van der Waals surface area contributed by atoms with Gasteiger partial charge in [0, 0.05) is 31.3 Å². The van der Waals surface area contributed by atoms with Crippen molar-refractivity contribution in [3.8, 4) is 5.82 Å². The number of nitrogens with one attached hydrogen (secondary N) is 1. The van der Waals surface area contributed by atoms with Crippen molar-refractivity contribution < 1.29 is 9.59 Å². The zero-order valence-electron chi connectivity index (χ0n) is 15.3. The van der Waals surface area contributed by atoms with Gasteiger partial charge in [0.15, 0.2) is 5.82 Å². The Labute approximate surface area is 157 Å². The SMILES string of the molecule is CCc1ccccc1NC(=O)CN(C)C(=O)c1ccc(-n2cccn2)nc1. The standard InChI is InChI=1S/C20H21N5O2/c1-3-15-7-4-5-8-17(15)23-19(26)14-24(2)20(27)16-9-10-18(21-13-16)25-12-6-11-22-25/h4-13H,3,14H2,1-2H3,(H,23,26). The maximum Gasteiger partial charge on any atom is 0.255 e. The van der Waals surface area contributed by atoms with E-state index in [1.807, 2.05) is 31.2 Å². The Bertz CT molecular complexity index is 920. The summed E-state index contributed by atoms with van der Waals surface area (Å²) < 4.78 is 1.61. The molecular weight excluding hydrogens is 342 g/mol. The number of aryl methyl sites for hydroxylation is 1. The van der Waals surface area contributed by atoms with Gasteiger partial charge >= 0.3 is 0 Å². The highest BCUT2D eigenvalue weighted by Crippen LogP contribution is 2.15. The average molecular weight is 363 g/mol. The zero-order valence-corrected chi connectivity index (χ0v) is 15.3. The molecule has 0 unspecified atom stereocenters. The number of carbonyl (C=O) groups is 2. The van der Waals surface area contributed by atoms with Crippen LogP contribution in [0.4, 0.5) is 5.69 Å². The monoisotopic (exact) mass is 363 g/mol. The van der Waals surface area contributed by atoms with Crippen molar-refractivity contribution in [1.29, 1.82) is 0 Å². The molecule has 2 heterocycles. The molecular formula is C20H21N5O2. The van der Waals surface area contributed by atoms with Crippen molar-refractivity contribution in [3.63, 3.8) is 0 Å². The number of hydrogen-bond donors (Lipinski definition) is 1. The van der Waals surface area contributed by atoms with E-state index in [-0.39, 0.29) is 18.4 Å². The fourth-order valence-electron chi connectivity index (χ4n) is 2.70. The minimum atomic E-state index is -0.270. The number of amides is 2. The fraction of sp³-hybridized carbons (Fsp3) is 0.200. The second-order valence-electron chi connectivity index (χ2n) is 6.08. The molecule has 2 aromatic heterocycles. The topological polar surface area (TPSA) is 80.1 Å². The van der Waals surface area contributed by atoms with Crippen molar-refractivity contribution in [3.05, 3.63) is 72.2 Å². The van der Waals surface area contributed by atoms with Gasteiger partial charge in [-0.05, 0) is 36.2 Å². The lowest BCUT2D eigenvalue weighted by Gasteiger charge is -2.17. The van der Waals surface area contributed by atoms with Gasteiger partial charge in [0.05, 0.1) is 12.1 Å². The molecule has 1 N–H and O–H groups in total. The highest BCUT2D eigenvalue weighted by molar-refractivity contribution is 5.99. The van der Waals surface area contributed by atoms with Gasteiger partial charge in [-0.1, -0.05) is 25.1 Å².